The van der Waals surface area contributed by atoms with Crippen molar-refractivity contribution in [2.75, 3.05) is 5.32 Å². The van der Waals surface area contributed by atoms with E-state index in [1.54, 1.807) is 0 Å². The van der Waals surface area contributed by atoms with Crippen molar-refractivity contribution >= 4 is 18.0 Å². The summed E-state index contributed by atoms with van der Waals surface area (Å²) in [6.45, 7) is 0. The van der Waals surface area contributed by atoms with Gasteiger partial charge in [-0.05, 0) is 25.7 Å². The third kappa shape index (κ3) is 2.06. The Bertz CT molecular complexity index is 839. The molecule has 4 rings (SSSR count). The topological polar surface area (TPSA) is 59.3 Å². The highest BCUT2D eigenvalue weighted by atomic mass is 16.1. The van der Waals surface area contributed by atoms with E-state index in [9.17, 15) is 4.79 Å². The van der Waals surface area contributed by atoms with Crippen LogP contribution in [-0.2, 0) is 17.6 Å². The quantitative estimate of drug-likeness (QED) is 0.755. The monoisotopic (exact) mass is 292 g/mol. The molecule has 0 fully saturated rings. The molecule has 1 aromatic carbocycles. The zero-order valence-electron chi connectivity index (χ0n) is 12.1. The molecule has 0 spiro atoms. The molecule has 2 heterocycles. The summed E-state index contributed by atoms with van der Waals surface area (Å²) in [6, 6.07) is 10.1. The van der Waals surface area contributed by atoms with Gasteiger partial charge in [-0.3, -0.25) is 14.5 Å². The number of hydrogen-bond acceptors (Lipinski definition) is 3. The number of nitrogens with zero attached hydrogens (tertiary/aromatic N) is 3. The zero-order valence-corrected chi connectivity index (χ0v) is 12.1. The van der Waals surface area contributed by atoms with E-state index in [1.807, 2.05) is 40.9 Å². The van der Waals surface area contributed by atoms with E-state index in [2.05, 4.69) is 10.3 Å². The predicted molar refractivity (Wildman–Crippen MR) is 84.8 cm³/mol. The molecule has 1 aliphatic carbocycles. The number of nitrogens with one attached hydrogen (secondary N) is 1. The molecule has 22 heavy (non-hydrogen) atoms. The number of fused-ring (bicyclic) bond motifs is 3. The number of anilines is 1. The summed E-state index contributed by atoms with van der Waals surface area (Å²) in [7, 11) is 0. The number of amides is 1. The minimum absolute atomic E-state index is 0.542. The van der Waals surface area contributed by atoms with Gasteiger partial charge < -0.3 is 0 Å². The Hall–Kier alpha value is -2.69. The van der Waals surface area contributed by atoms with Crippen LogP contribution < -0.4 is 5.32 Å². The van der Waals surface area contributed by atoms with E-state index in [4.69, 9.17) is 4.98 Å². The first-order chi connectivity index (χ1) is 10.9. The summed E-state index contributed by atoms with van der Waals surface area (Å²) in [6.07, 6.45) is 6.87. The highest BCUT2D eigenvalue weighted by Crippen LogP contribution is 2.28. The van der Waals surface area contributed by atoms with Crippen LogP contribution in [0.15, 0.2) is 36.5 Å². The molecule has 0 saturated carbocycles. The Kier molecular flexibility index (Phi) is 3.11. The molecule has 0 saturated heterocycles. The molecular formula is C17H16N4O. The Morgan fingerprint density at radius 2 is 1.91 bits per heavy atom. The van der Waals surface area contributed by atoms with Gasteiger partial charge in [0.2, 0.25) is 12.4 Å². The van der Waals surface area contributed by atoms with Crippen molar-refractivity contribution in [2.24, 2.45) is 0 Å². The maximum Gasteiger partial charge on any atom is 0.215 e. The lowest BCUT2D eigenvalue weighted by atomic mass is 9.97. The number of aryl methyl sites for hydroxylation is 2. The van der Waals surface area contributed by atoms with Crippen molar-refractivity contribution in [1.82, 2.24) is 14.4 Å². The molecule has 110 valence electrons. The average molecular weight is 292 g/mol. The van der Waals surface area contributed by atoms with Crippen LogP contribution >= 0.6 is 0 Å². The third-order valence-corrected chi connectivity index (χ3v) is 4.14. The fourth-order valence-corrected chi connectivity index (χ4v) is 3.09. The molecule has 0 aliphatic heterocycles. The van der Waals surface area contributed by atoms with Crippen LogP contribution in [0.3, 0.4) is 0 Å². The largest absolute Gasteiger partial charge is 0.298 e. The number of benzene rings is 1. The molecule has 2 aromatic heterocycles. The van der Waals surface area contributed by atoms with Crippen molar-refractivity contribution in [3.63, 3.8) is 0 Å². The Morgan fingerprint density at radius 1 is 1.09 bits per heavy atom. The van der Waals surface area contributed by atoms with Crippen LogP contribution in [0.5, 0.6) is 0 Å². The van der Waals surface area contributed by atoms with Crippen LogP contribution in [0.25, 0.3) is 16.9 Å². The highest BCUT2D eigenvalue weighted by Gasteiger charge is 2.19. The number of carbonyl (C=O) groups is 1. The summed E-state index contributed by atoms with van der Waals surface area (Å²) >= 11 is 0. The fourth-order valence-electron chi connectivity index (χ4n) is 3.09. The van der Waals surface area contributed by atoms with Gasteiger partial charge >= 0.3 is 0 Å². The maximum atomic E-state index is 10.9. The lowest BCUT2D eigenvalue weighted by molar-refractivity contribution is -0.105. The molecule has 1 aliphatic rings. The molecule has 0 atom stereocenters. The van der Waals surface area contributed by atoms with E-state index < -0.39 is 0 Å². The average Bonchev–Trinajstić information content (AvgIpc) is 3.02. The minimum Gasteiger partial charge on any atom is -0.298 e. The lowest BCUT2D eigenvalue weighted by Gasteiger charge is -2.16. The molecule has 1 amide bonds. The maximum absolute atomic E-state index is 10.9. The molecule has 0 radical (unpaired) electrons. The van der Waals surface area contributed by atoms with Crippen LogP contribution in [-0.4, -0.2) is 20.8 Å². The second-order valence-electron chi connectivity index (χ2n) is 5.52. The van der Waals surface area contributed by atoms with Gasteiger partial charge in [0, 0.05) is 17.3 Å². The fraction of sp³-hybridized carbons (Fsp3) is 0.235. The summed E-state index contributed by atoms with van der Waals surface area (Å²) in [5.41, 5.74) is 5.15. The number of hydrogen-bond donors (Lipinski definition) is 1. The Balaban J connectivity index is 1.96. The first-order valence-electron chi connectivity index (χ1n) is 7.53. The van der Waals surface area contributed by atoms with Crippen LogP contribution in [0.2, 0.25) is 0 Å². The first kappa shape index (κ1) is 13.0. The second-order valence-corrected chi connectivity index (χ2v) is 5.52. The van der Waals surface area contributed by atoms with Crippen molar-refractivity contribution in [3.8, 4) is 11.3 Å². The molecule has 5 nitrogen and oxygen atoms in total. The molecule has 1 N–H and O–H groups in total. The number of rotatable bonds is 3. The zero-order chi connectivity index (χ0) is 14.9. The van der Waals surface area contributed by atoms with Crippen LogP contribution in [0.1, 0.15) is 24.1 Å². The van der Waals surface area contributed by atoms with Crippen LogP contribution in [0.4, 0.5) is 5.95 Å². The van der Waals surface area contributed by atoms with Crippen molar-refractivity contribution in [3.05, 3.63) is 47.8 Å². The van der Waals surface area contributed by atoms with E-state index in [0.717, 1.165) is 41.9 Å². The van der Waals surface area contributed by atoms with Gasteiger partial charge in [0.1, 0.15) is 5.65 Å². The van der Waals surface area contributed by atoms with Gasteiger partial charge in [0.05, 0.1) is 11.4 Å². The molecule has 0 bridgehead atoms. The van der Waals surface area contributed by atoms with Gasteiger partial charge in [0.15, 0.2) is 0 Å². The van der Waals surface area contributed by atoms with Gasteiger partial charge in [-0.15, -0.1) is 0 Å². The van der Waals surface area contributed by atoms with E-state index in [-0.39, 0.29) is 0 Å². The van der Waals surface area contributed by atoms with E-state index >= 15 is 0 Å². The lowest BCUT2D eigenvalue weighted by Crippen LogP contribution is -2.13. The summed E-state index contributed by atoms with van der Waals surface area (Å²) in [5.74, 6) is 0.542. The number of carbonyl (C=O) groups excluding carboxylic acids is 1. The van der Waals surface area contributed by atoms with Crippen molar-refractivity contribution in [1.29, 1.82) is 0 Å². The Labute approximate surface area is 128 Å². The summed E-state index contributed by atoms with van der Waals surface area (Å²) in [4.78, 5) is 20.3. The van der Waals surface area contributed by atoms with E-state index in [0.29, 0.717) is 12.4 Å². The summed E-state index contributed by atoms with van der Waals surface area (Å²) in [5, 5.41) is 2.70. The summed E-state index contributed by atoms with van der Waals surface area (Å²) < 4.78 is 1.89. The predicted octanol–water partition coefficient (Wildman–Crippen LogP) is 2.84. The van der Waals surface area contributed by atoms with Gasteiger partial charge in [-0.25, -0.2) is 9.97 Å². The van der Waals surface area contributed by atoms with Gasteiger partial charge in [-0.1, -0.05) is 30.3 Å². The second kappa shape index (κ2) is 5.26. The third-order valence-electron chi connectivity index (χ3n) is 4.14. The molecule has 3 aromatic rings. The number of aromatic nitrogens is 3. The molecular weight excluding hydrogens is 276 g/mol. The van der Waals surface area contributed by atoms with Crippen LogP contribution in [0, 0.1) is 0 Å². The number of imidazole rings is 1. The normalized spacial score (nSPS) is 13.8. The smallest absolute Gasteiger partial charge is 0.215 e. The molecule has 0 unspecified atom stereocenters. The van der Waals surface area contributed by atoms with Gasteiger partial charge in [0.25, 0.3) is 0 Å². The highest BCUT2D eigenvalue weighted by molar-refractivity contribution is 5.72. The SMILES string of the molecule is O=CNc1nc2c(c3nc(-c4ccccc4)cn13)CCCC2. The standard InChI is InChI=1S/C17H16N4O/c22-11-18-17-20-14-9-5-4-8-13(14)16-19-15(10-21(16)17)12-6-2-1-3-7-12/h1-3,6-7,10-11H,4-5,8-9H2,(H,18,20,22). The van der Waals surface area contributed by atoms with Gasteiger partial charge in [-0.2, -0.15) is 0 Å². The van der Waals surface area contributed by atoms with Crippen molar-refractivity contribution < 1.29 is 4.79 Å². The Morgan fingerprint density at radius 3 is 2.73 bits per heavy atom. The minimum atomic E-state index is 0.542. The first-order valence-corrected chi connectivity index (χ1v) is 7.53. The molecule has 5 heteroatoms. The van der Waals surface area contributed by atoms with Crippen molar-refractivity contribution in [2.45, 2.75) is 25.7 Å². The van der Waals surface area contributed by atoms with E-state index in [1.165, 1.54) is 12.0 Å².